The Morgan fingerprint density at radius 3 is 2.00 bits per heavy atom. The van der Waals surface area contributed by atoms with Gasteiger partial charge in [-0.05, 0) is 18.6 Å². The van der Waals surface area contributed by atoms with Crippen LogP contribution in [-0.2, 0) is 20.8 Å². The molecule has 4 nitrogen and oxygen atoms in total. The molecule has 0 bridgehead atoms. The third-order valence-corrected chi connectivity index (χ3v) is 3.17. The zero-order valence-corrected chi connectivity index (χ0v) is 10.3. The van der Waals surface area contributed by atoms with Gasteiger partial charge in [-0.2, -0.15) is 13.2 Å². The van der Waals surface area contributed by atoms with Crippen molar-refractivity contribution in [1.29, 1.82) is 0 Å². The number of benzene rings is 1. The number of sulfone groups is 1. The number of rotatable bonds is 1. The van der Waals surface area contributed by atoms with E-state index in [9.17, 15) is 21.6 Å². The Morgan fingerprint density at radius 1 is 1.28 bits per heavy atom. The van der Waals surface area contributed by atoms with Crippen LogP contribution in [0.15, 0.2) is 23.1 Å². The van der Waals surface area contributed by atoms with Crippen molar-refractivity contribution in [2.24, 2.45) is 0 Å². The van der Waals surface area contributed by atoms with Crippen LogP contribution >= 0.6 is 0 Å². The first-order valence-electron chi connectivity index (χ1n) is 4.50. The number of halogens is 3. The van der Waals surface area contributed by atoms with E-state index in [2.05, 4.69) is 0 Å². The van der Waals surface area contributed by atoms with E-state index in [1.54, 1.807) is 0 Å². The van der Waals surface area contributed by atoms with Crippen LogP contribution in [0, 0.1) is 6.92 Å². The van der Waals surface area contributed by atoms with Crippen molar-refractivity contribution in [2.45, 2.75) is 18.0 Å². The molecule has 0 atom stereocenters. The smallest absolute Gasteiger partial charge is 0.417 e. The summed E-state index contributed by atoms with van der Waals surface area (Å²) in [5.41, 5.74) is -1.00. The van der Waals surface area contributed by atoms with E-state index in [-0.39, 0.29) is 12.0 Å². The summed E-state index contributed by atoms with van der Waals surface area (Å²) in [5.74, 6) is 0. The van der Waals surface area contributed by atoms with Crippen LogP contribution < -0.4 is 0 Å². The van der Waals surface area contributed by atoms with Crippen molar-refractivity contribution in [2.75, 3.05) is 6.26 Å². The molecule has 1 aromatic carbocycles. The average molecular weight is 284 g/mol. The van der Waals surface area contributed by atoms with Gasteiger partial charge in [0.2, 0.25) is 0 Å². The molecule has 0 radical (unpaired) electrons. The van der Waals surface area contributed by atoms with E-state index >= 15 is 0 Å². The van der Waals surface area contributed by atoms with Crippen molar-refractivity contribution in [1.82, 2.24) is 0 Å². The molecule has 1 N–H and O–H groups in total. The van der Waals surface area contributed by atoms with Crippen LogP contribution in [0.5, 0.6) is 0 Å². The number of carbonyl (C=O) groups is 1. The van der Waals surface area contributed by atoms with E-state index in [0.717, 1.165) is 12.3 Å². The highest BCUT2D eigenvalue weighted by atomic mass is 32.2. The van der Waals surface area contributed by atoms with E-state index in [0.29, 0.717) is 0 Å². The molecule has 18 heavy (non-hydrogen) atoms. The third-order valence-electron chi connectivity index (χ3n) is 1.89. The lowest BCUT2D eigenvalue weighted by atomic mass is 10.1. The van der Waals surface area contributed by atoms with Gasteiger partial charge in [0, 0.05) is 6.26 Å². The molecule has 1 aromatic rings. The summed E-state index contributed by atoms with van der Waals surface area (Å²) in [5, 5.41) is 6.89. The normalized spacial score (nSPS) is 11.4. The summed E-state index contributed by atoms with van der Waals surface area (Å²) in [7, 11) is -3.87. The lowest BCUT2D eigenvalue weighted by molar-refractivity contribution is -0.140. The molecule has 102 valence electrons. The molecule has 8 heteroatoms. The Morgan fingerprint density at radius 2 is 1.72 bits per heavy atom. The van der Waals surface area contributed by atoms with E-state index in [1.807, 2.05) is 0 Å². The summed E-state index contributed by atoms with van der Waals surface area (Å²) in [6.45, 7) is 1.09. The number of alkyl halides is 3. The summed E-state index contributed by atoms with van der Waals surface area (Å²) in [6, 6.07) is 3.29. The zero-order chi connectivity index (χ0) is 14.6. The second-order valence-electron chi connectivity index (χ2n) is 3.33. The van der Waals surface area contributed by atoms with Crippen molar-refractivity contribution >= 4 is 16.3 Å². The maximum absolute atomic E-state index is 12.5. The molecule has 1 rings (SSSR count). The summed E-state index contributed by atoms with van der Waals surface area (Å²) >= 11 is 0. The molecule has 0 unspecified atom stereocenters. The Balaban J connectivity index is 0.000000873. The van der Waals surface area contributed by atoms with Gasteiger partial charge in [0.05, 0.1) is 10.5 Å². The average Bonchev–Trinajstić information content (AvgIpc) is 2.15. The fraction of sp³-hybridized carbons (Fsp3) is 0.300. The topological polar surface area (TPSA) is 71.4 Å². The first kappa shape index (κ1) is 16.4. The first-order chi connectivity index (χ1) is 8.05. The van der Waals surface area contributed by atoms with Crippen LogP contribution in [0.3, 0.4) is 0 Å². The molecule has 0 aliphatic rings. The Labute approximate surface area is 102 Å². The van der Waals surface area contributed by atoms with Crippen LogP contribution in [0.25, 0.3) is 0 Å². The Hall–Kier alpha value is -1.57. The monoisotopic (exact) mass is 284 g/mol. The standard InChI is InChI=1S/C9H9F3O2S.CH2O2/c1-6-4-3-5-7(9(10,11)12)8(6)15(2,13)14;2-1-3/h3-5H,1-2H3;1H,(H,2,3). The quantitative estimate of drug-likeness (QED) is 0.802. The predicted molar refractivity (Wildman–Crippen MR) is 58.0 cm³/mol. The van der Waals surface area contributed by atoms with Crippen LogP contribution in [0.1, 0.15) is 11.1 Å². The number of carboxylic acid groups (broad SMARTS) is 1. The van der Waals surface area contributed by atoms with Crippen molar-refractivity contribution < 1.29 is 31.5 Å². The van der Waals surface area contributed by atoms with Gasteiger partial charge in [-0.1, -0.05) is 12.1 Å². The lowest BCUT2D eigenvalue weighted by Crippen LogP contribution is -2.13. The molecule has 0 aromatic heterocycles. The first-order valence-corrected chi connectivity index (χ1v) is 6.39. The number of aryl methyl sites for hydroxylation is 1. The van der Waals surface area contributed by atoms with E-state index in [4.69, 9.17) is 9.90 Å². The lowest BCUT2D eigenvalue weighted by Gasteiger charge is -2.13. The maximum Gasteiger partial charge on any atom is 0.417 e. The molecule has 0 aliphatic heterocycles. The fourth-order valence-electron chi connectivity index (χ4n) is 1.37. The van der Waals surface area contributed by atoms with Gasteiger partial charge in [0.15, 0.2) is 9.84 Å². The van der Waals surface area contributed by atoms with Crippen LogP contribution in [0.4, 0.5) is 13.2 Å². The predicted octanol–water partition coefficient (Wildman–Crippen LogP) is 2.12. The molecule has 0 saturated heterocycles. The highest BCUT2D eigenvalue weighted by Gasteiger charge is 2.36. The number of hydrogen-bond acceptors (Lipinski definition) is 3. The van der Waals surface area contributed by atoms with Crippen molar-refractivity contribution in [3.05, 3.63) is 29.3 Å². The van der Waals surface area contributed by atoms with E-state index in [1.165, 1.54) is 19.1 Å². The third kappa shape index (κ3) is 4.36. The molecule has 0 saturated carbocycles. The minimum Gasteiger partial charge on any atom is -0.483 e. The second-order valence-corrected chi connectivity index (χ2v) is 5.28. The highest BCUT2D eigenvalue weighted by Crippen LogP contribution is 2.35. The Kier molecular flexibility index (Phi) is 5.34. The van der Waals surface area contributed by atoms with Crippen LogP contribution in [-0.4, -0.2) is 26.3 Å². The largest absolute Gasteiger partial charge is 0.483 e. The molecule has 0 heterocycles. The molecule has 0 amide bonds. The highest BCUT2D eigenvalue weighted by molar-refractivity contribution is 7.90. The SMILES string of the molecule is Cc1cccc(C(F)(F)F)c1S(C)(=O)=O.O=CO. The molecular weight excluding hydrogens is 273 g/mol. The second kappa shape index (κ2) is 5.85. The van der Waals surface area contributed by atoms with Gasteiger partial charge in [0.25, 0.3) is 6.47 Å². The maximum atomic E-state index is 12.5. The zero-order valence-electron chi connectivity index (χ0n) is 9.52. The summed E-state index contributed by atoms with van der Waals surface area (Å²) in [4.78, 5) is 7.72. The molecule has 0 spiro atoms. The van der Waals surface area contributed by atoms with Crippen LogP contribution in [0.2, 0.25) is 0 Å². The van der Waals surface area contributed by atoms with Gasteiger partial charge in [0.1, 0.15) is 0 Å². The minimum atomic E-state index is -4.65. The van der Waals surface area contributed by atoms with E-state index < -0.39 is 26.5 Å². The van der Waals surface area contributed by atoms with Gasteiger partial charge in [-0.25, -0.2) is 8.42 Å². The van der Waals surface area contributed by atoms with Gasteiger partial charge >= 0.3 is 6.18 Å². The Bertz CT molecular complexity index is 520. The molecular formula is C10H11F3O4S. The van der Waals surface area contributed by atoms with Gasteiger partial charge < -0.3 is 5.11 Å². The minimum absolute atomic E-state index is 0.104. The van der Waals surface area contributed by atoms with Crippen molar-refractivity contribution in [3.8, 4) is 0 Å². The van der Waals surface area contributed by atoms with Gasteiger partial charge in [-0.3, -0.25) is 4.79 Å². The molecule has 0 fully saturated rings. The number of hydrogen-bond donors (Lipinski definition) is 1. The van der Waals surface area contributed by atoms with Crippen molar-refractivity contribution in [3.63, 3.8) is 0 Å². The fourth-order valence-corrected chi connectivity index (χ4v) is 2.60. The van der Waals surface area contributed by atoms with Gasteiger partial charge in [-0.15, -0.1) is 0 Å². The summed E-state index contributed by atoms with van der Waals surface area (Å²) < 4.78 is 59.9. The summed E-state index contributed by atoms with van der Waals surface area (Å²) in [6.07, 6.45) is -3.88. The molecule has 0 aliphatic carbocycles.